The number of amides is 1. The molecule has 0 aromatic carbocycles. The van der Waals surface area contributed by atoms with Crippen LogP contribution in [-0.2, 0) is 4.79 Å². The fourth-order valence-corrected chi connectivity index (χ4v) is 4.28. The maximum atomic E-state index is 12.3. The molecule has 1 N–H and O–H groups in total. The normalized spacial score (nSPS) is 27.9. The van der Waals surface area contributed by atoms with E-state index in [1.165, 1.54) is 64.5 Å². The summed E-state index contributed by atoms with van der Waals surface area (Å²) in [5.41, 5.74) is 0.516. The van der Waals surface area contributed by atoms with Gasteiger partial charge in [0.05, 0.1) is 0 Å². The van der Waals surface area contributed by atoms with Crippen molar-refractivity contribution in [2.45, 2.75) is 57.8 Å². The second-order valence-electron chi connectivity index (χ2n) is 7.02. The first kappa shape index (κ1) is 13.4. The molecule has 3 nitrogen and oxygen atoms in total. The van der Waals surface area contributed by atoms with Gasteiger partial charge in [-0.25, -0.2) is 0 Å². The zero-order valence-corrected chi connectivity index (χ0v) is 12.1. The third-order valence-corrected chi connectivity index (χ3v) is 5.68. The first-order valence-electron chi connectivity index (χ1n) is 8.26. The number of carbonyl (C=O) groups is 1. The Bertz CT molecular complexity index is 307. The van der Waals surface area contributed by atoms with Gasteiger partial charge in [-0.1, -0.05) is 12.8 Å². The van der Waals surface area contributed by atoms with Crippen LogP contribution in [0.3, 0.4) is 0 Å². The molecule has 0 radical (unpaired) electrons. The van der Waals surface area contributed by atoms with Gasteiger partial charge in [0.25, 0.3) is 0 Å². The Hall–Kier alpha value is -0.570. The zero-order valence-electron chi connectivity index (χ0n) is 12.1. The largest absolute Gasteiger partial charge is 0.343 e. The second-order valence-corrected chi connectivity index (χ2v) is 7.02. The third kappa shape index (κ3) is 3.13. The molecule has 1 amide bonds. The van der Waals surface area contributed by atoms with E-state index in [9.17, 15) is 4.79 Å². The average Bonchev–Trinajstić information content (AvgIpc) is 2.93. The van der Waals surface area contributed by atoms with Crippen molar-refractivity contribution < 1.29 is 4.79 Å². The van der Waals surface area contributed by atoms with Gasteiger partial charge in [0, 0.05) is 26.1 Å². The minimum absolute atomic E-state index is 0.436. The van der Waals surface area contributed by atoms with E-state index in [0.717, 1.165) is 19.5 Å². The molecule has 3 aliphatic rings. The molecule has 0 unspecified atom stereocenters. The van der Waals surface area contributed by atoms with Crippen LogP contribution in [0.1, 0.15) is 57.8 Å². The Morgan fingerprint density at radius 2 is 1.84 bits per heavy atom. The smallest absolute Gasteiger partial charge is 0.222 e. The number of carbonyl (C=O) groups excluding carboxylic acids is 1. The highest BCUT2D eigenvalue weighted by Crippen LogP contribution is 2.38. The van der Waals surface area contributed by atoms with Crippen LogP contribution < -0.4 is 5.32 Å². The Morgan fingerprint density at radius 1 is 1.11 bits per heavy atom. The van der Waals surface area contributed by atoms with E-state index in [4.69, 9.17) is 0 Å². The van der Waals surface area contributed by atoms with Crippen molar-refractivity contribution >= 4 is 5.91 Å². The molecule has 1 saturated carbocycles. The van der Waals surface area contributed by atoms with Gasteiger partial charge in [-0.2, -0.15) is 0 Å². The number of hydrogen-bond acceptors (Lipinski definition) is 2. The molecule has 2 heterocycles. The molecule has 1 aliphatic carbocycles. The minimum Gasteiger partial charge on any atom is -0.343 e. The lowest BCUT2D eigenvalue weighted by Crippen LogP contribution is -2.49. The van der Waals surface area contributed by atoms with Gasteiger partial charge in [-0.15, -0.1) is 0 Å². The van der Waals surface area contributed by atoms with E-state index in [-0.39, 0.29) is 0 Å². The van der Waals surface area contributed by atoms with Gasteiger partial charge in [-0.05, 0) is 56.4 Å². The van der Waals surface area contributed by atoms with E-state index >= 15 is 0 Å². The number of rotatable bonds is 2. The average molecular weight is 264 g/mol. The summed E-state index contributed by atoms with van der Waals surface area (Å²) >= 11 is 0. The highest BCUT2D eigenvalue weighted by molar-refractivity contribution is 5.76. The second kappa shape index (κ2) is 5.82. The molecule has 0 aromatic rings. The first-order chi connectivity index (χ1) is 9.27. The lowest BCUT2D eigenvalue weighted by Gasteiger charge is -2.44. The Kier molecular flexibility index (Phi) is 4.11. The van der Waals surface area contributed by atoms with Crippen molar-refractivity contribution in [3.8, 4) is 0 Å². The lowest BCUT2D eigenvalue weighted by molar-refractivity contribution is -0.134. The first-order valence-corrected chi connectivity index (χ1v) is 8.26. The summed E-state index contributed by atoms with van der Waals surface area (Å²) in [5, 5.41) is 3.54. The summed E-state index contributed by atoms with van der Waals surface area (Å²) in [4.78, 5) is 14.5. The standard InChI is InChI=1S/C16H28N2O/c19-15(12-14-4-1-2-5-14)18-10-7-16(8-11-18)6-3-9-17-13-16/h14,17H,1-13H2. The van der Waals surface area contributed by atoms with Crippen LogP contribution in [0.15, 0.2) is 0 Å². The summed E-state index contributed by atoms with van der Waals surface area (Å²) in [6.07, 6.45) is 11.2. The van der Waals surface area contributed by atoms with Gasteiger partial charge in [0.15, 0.2) is 0 Å². The summed E-state index contributed by atoms with van der Waals surface area (Å²) in [7, 11) is 0. The van der Waals surface area contributed by atoms with Crippen LogP contribution in [0.2, 0.25) is 0 Å². The van der Waals surface area contributed by atoms with Crippen molar-refractivity contribution in [2.75, 3.05) is 26.2 Å². The van der Waals surface area contributed by atoms with E-state index in [0.29, 0.717) is 17.2 Å². The Labute approximate surface area is 117 Å². The van der Waals surface area contributed by atoms with Crippen molar-refractivity contribution in [3.63, 3.8) is 0 Å². The van der Waals surface area contributed by atoms with Crippen molar-refractivity contribution in [1.29, 1.82) is 0 Å². The SMILES string of the molecule is O=C(CC1CCCC1)N1CCC2(CCCNC2)CC1. The molecule has 0 aromatic heterocycles. The quantitative estimate of drug-likeness (QED) is 0.831. The molecular formula is C16H28N2O. The van der Waals surface area contributed by atoms with E-state index in [1.807, 2.05) is 0 Å². The predicted octanol–water partition coefficient (Wildman–Crippen LogP) is 2.56. The summed E-state index contributed by atoms with van der Waals surface area (Å²) in [5.74, 6) is 1.13. The highest BCUT2D eigenvalue weighted by Gasteiger charge is 2.37. The maximum Gasteiger partial charge on any atom is 0.222 e. The van der Waals surface area contributed by atoms with Crippen LogP contribution in [0.4, 0.5) is 0 Å². The third-order valence-electron chi connectivity index (χ3n) is 5.68. The summed E-state index contributed by atoms with van der Waals surface area (Å²) < 4.78 is 0. The molecule has 3 rings (SSSR count). The van der Waals surface area contributed by atoms with E-state index in [1.54, 1.807) is 0 Å². The number of hydrogen-bond donors (Lipinski definition) is 1. The topological polar surface area (TPSA) is 32.3 Å². The minimum atomic E-state index is 0.436. The lowest BCUT2D eigenvalue weighted by atomic mass is 9.73. The fraction of sp³-hybridized carbons (Fsp3) is 0.938. The number of nitrogens with one attached hydrogen (secondary N) is 1. The van der Waals surface area contributed by atoms with Crippen molar-refractivity contribution in [2.24, 2.45) is 11.3 Å². The van der Waals surface area contributed by atoms with E-state index < -0.39 is 0 Å². The molecule has 2 saturated heterocycles. The Morgan fingerprint density at radius 3 is 2.47 bits per heavy atom. The van der Waals surface area contributed by atoms with Crippen LogP contribution in [0.25, 0.3) is 0 Å². The Balaban J connectivity index is 1.47. The molecule has 19 heavy (non-hydrogen) atoms. The monoisotopic (exact) mass is 264 g/mol. The van der Waals surface area contributed by atoms with Gasteiger partial charge in [-0.3, -0.25) is 4.79 Å². The van der Waals surface area contributed by atoms with Crippen LogP contribution in [0, 0.1) is 11.3 Å². The van der Waals surface area contributed by atoms with Gasteiger partial charge in [0.2, 0.25) is 5.91 Å². The van der Waals surface area contributed by atoms with Gasteiger partial charge in [0.1, 0.15) is 0 Å². The van der Waals surface area contributed by atoms with Gasteiger partial charge < -0.3 is 10.2 Å². The molecule has 2 aliphatic heterocycles. The van der Waals surface area contributed by atoms with Crippen LogP contribution >= 0.6 is 0 Å². The van der Waals surface area contributed by atoms with Crippen molar-refractivity contribution in [3.05, 3.63) is 0 Å². The molecular weight excluding hydrogens is 236 g/mol. The molecule has 1 spiro atoms. The summed E-state index contributed by atoms with van der Waals surface area (Å²) in [6.45, 7) is 4.38. The maximum absolute atomic E-state index is 12.3. The van der Waals surface area contributed by atoms with E-state index in [2.05, 4.69) is 10.2 Å². The molecule has 3 heteroatoms. The van der Waals surface area contributed by atoms with Gasteiger partial charge >= 0.3 is 0 Å². The van der Waals surface area contributed by atoms with Crippen LogP contribution in [-0.4, -0.2) is 37.0 Å². The highest BCUT2D eigenvalue weighted by atomic mass is 16.2. The van der Waals surface area contributed by atoms with Crippen molar-refractivity contribution in [1.82, 2.24) is 10.2 Å². The molecule has 108 valence electrons. The number of nitrogens with zero attached hydrogens (tertiary/aromatic N) is 1. The number of likely N-dealkylation sites (tertiary alicyclic amines) is 1. The molecule has 0 bridgehead atoms. The zero-order chi connectivity index (χ0) is 13.1. The fourth-order valence-electron chi connectivity index (χ4n) is 4.28. The summed E-state index contributed by atoms with van der Waals surface area (Å²) in [6, 6.07) is 0. The molecule has 3 fully saturated rings. The molecule has 0 atom stereocenters. The predicted molar refractivity (Wildman–Crippen MR) is 76.9 cm³/mol. The number of piperidine rings is 2. The van der Waals surface area contributed by atoms with Crippen LogP contribution in [0.5, 0.6) is 0 Å².